The molecule has 1 amide bonds. The van der Waals surface area contributed by atoms with Gasteiger partial charge < -0.3 is 14.8 Å². The maximum absolute atomic E-state index is 13.3. The topological polar surface area (TPSA) is 60.5 Å². The van der Waals surface area contributed by atoms with Gasteiger partial charge in [0.2, 0.25) is 5.91 Å². The van der Waals surface area contributed by atoms with Crippen LogP contribution >= 0.6 is 0 Å². The second-order valence-electron chi connectivity index (χ2n) is 6.46. The van der Waals surface area contributed by atoms with E-state index in [1.54, 1.807) is 24.4 Å². The van der Waals surface area contributed by atoms with Crippen LogP contribution in [0.15, 0.2) is 72.9 Å². The van der Waals surface area contributed by atoms with Crippen LogP contribution in [-0.4, -0.2) is 30.1 Å². The number of carbonyl (C=O) groups is 1. The highest BCUT2D eigenvalue weighted by molar-refractivity contribution is 5.77. The molecule has 1 saturated heterocycles. The minimum absolute atomic E-state index is 0.00474. The molecule has 1 N–H and O–H groups in total. The predicted molar refractivity (Wildman–Crippen MR) is 102 cm³/mol. The van der Waals surface area contributed by atoms with Gasteiger partial charge in [0.1, 0.15) is 30.0 Å². The van der Waals surface area contributed by atoms with E-state index in [-0.39, 0.29) is 24.4 Å². The fourth-order valence-electron chi connectivity index (χ4n) is 3.15. The van der Waals surface area contributed by atoms with Crippen molar-refractivity contribution in [3.63, 3.8) is 0 Å². The molecule has 1 aliphatic heterocycles. The van der Waals surface area contributed by atoms with Crippen LogP contribution in [0.2, 0.25) is 0 Å². The Morgan fingerprint density at radius 1 is 1.07 bits per heavy atom. The molecule has 1 aliphatic rings. The van der Waals surface area contributed by atoms with Crippen molar-refractivity contribution in [2.75, 3.05) is 13.2 Å². The molecule has 0 aliphatic carbocycles. The van der Waals surface area contributed by atoms with Crippen molar-refractivity contribution in [1.82, 2.24) is 10.3 Å². The maximum Gasteiger partial charge on any atom is 0.246 e. The third-order valence-corrected chi connectivity index (χ3v) is 4.54. The maximum atomic E-state index is 13.3. The second-order valence-corrected chi connectivity index (χ2v) is 6.46. The summed E-state index contributed by atoms with van der Waals surface area (Å²) in [7, 11) is 0. The van der Waals surface area contributed by atoms with Gasteiger partial charge >= 0.3 is 0 Å². The predicted octanol–water partition coefficient (Wildman–Crippen LogP) is 3.52. The van der Waals surface area contributed by atoms with E-state index in [2.05, 4.69) is 10.3 Å². The Labute approximate surface area is 162 Å². The Morgan fingerprint density at radius 3 is 2.57 bits per heavy atom. The third-order valence-electron chi connectivity index (χ3n) is 4.54. The first kappa shape index (κ1) is 18.1. The Balaban J connectivity index is 1.67. The van der Waals surface area contributed by atoms with Crippen molar-refractivity contribution in [3.05, 3.63) is 84.3 Å². The van der Waals surface area contributed by atoms with Crippen molar-refractivity contribution in [1.29, 1.82) is 0 Å². The minimum atomic E-state index is -0.440. The number of benzene rings is 2. The molecule has 5 nitrogen and oxygen atoms in total. The fourth-order valence-corrected chi connectivity index (χ4v) is 3.15. The minimum Gasteiger partial charge on any atom is -0.481 e. The van der Waals surface area contributed by atoms with Gasteiger partial charge in [-0.1, -0.05) is 30.3 Å². The van der Waals surface area contributed by atoms with Gasteiger partial charge in [-0.2, -0.15) is 0 Å². The number of pyridine rings is 1. The number of ether oxygens (including phenoxy) is 2. The molecule has 0 saturated carbocycles. The molecule has 0 bridgehead atoms. The molecule has 1 fully saturated rings. The van der Waals surface area contributed by atoms with Gasteiger partial charge in [0.15, 0.2) is 6.10 Å². The van der Waals surface area contributed by atoms with Crippen LogP contribution in [0.4, 0.5) is 4.39 Å². The average molecular weight is 378 g/mol. The standard InChI is InChI=1S/C22H19FN2O3/c23-17-10-8-15(9-11-17)21-18(7-4-12-24-21)28-22(16-5-2-1-3-6-16)19-13-25-20(26)14-27-19/h1-12,19,22H,13-14H2,(H,25,26)/t19-,22?/m0/s1. The number of hydrogen-bond donors (Lipinski definition) is 1. The Morgan fingerprint density at radius 2 is 1.86 bits per heavy atom. The van der Waals surface area contributed by atoms with E-state index in [1.165, 1.54) is 12.1 Å². The van der Waals surface area contributed by atoms with Gasteiger partial charge in [-0.05, 0) is 42.0 Å². The lowest BCUT2D eigenvalue weighted by Gasteiger charge is -2.31. The lowest BCUT2D eigenvalue weighted by Crippen LogP contribution is -2.46. The monoisotopic (exact) mass is 378 g/mol. The number of amides is 1. The molecule has 1 unspecified atom stereocenters. The molecule has 2 atom stereocenters. The van der Waals surface area contributed by atoms with Gasteiger partial charge in [0.25, 0.3) is 0 Å². The van der Waals surface area contributed by atoms with Crippen LogP contribution < -0.4 is 10.1 Å². The zero-order chi connectivity index (χ0) is 19.3. The van der Waals surface area contributed by atoms with Crippen LogP contribution in [0.25, 0.3) is 11.3 Å². The van der Waals surface area contributed by atoms with Crippen molar-refractivity contribution < 1.29 is 18.7 Å². The summed E-state index contributed by atoms with van der Waals surface area (Å²) in [6, 6.07) is 19.4. The van der Waals surface area contributed by atoms with Crippen molar-refractivity contribution >= 4 is 5.91 Å². The highest BCUT2D eigenvalue weighted by atomic mass is 19.1. The zero-order valence-corrected chi connectivity index (χ0v) is 15.0. The largest absolute Gasteiger partial charge is 0.481 e. The van der Waals surface area contributed by atoms with Crippen molar-refractivity contribution in [3.8, 4) is 17.0 Å². The molecular formula is C22H19FN2O3. The summed E-state index contributed by atoms with van der Waals surface area (Å²) in [6.45, 7) is 0.347. The number of halogens is 1. The summed E-state index contributed by atoms with van der Waals surface area (Å²) in [5.74, 6) is 0.107. The highest BCUT2D eigenvalue weighted by Gasteiger charge is 2.30. The second kappa shape index (κ2) is 8.19. The van der Waals surface area contributed by atoms with Crippen LogP contribution in [0, 0.1) is 5.82 Å². The van der Waals surface area contributed by atoms with E-state index in [0.29, 0.717) is 18.0 Å². The number of nitrogens with one attached hydrogen (secondary N) is 1. The molecule has 2 aromatic carbocycles. The zero-order valence-electron chi connectivity index (χ0n) is 15.0. The molecule has 4 rings (SSSR count). The molecule has 6 heteroatoms. The molecule has 2 heterocycles. The van der Waals surface area contributed by atoms with E-state index in [1.807, 2.05) is 36.4 Å². The van der Waals surface area contributed by atoms with Crippen LogP contribution in [0.1, 0.15) is 11.7 Å². The molecule has 3 aromatic rings. The SMILES string of the molecule is O=C1CO[C@H](C(Oc2cccnc2-c2ccc(F)cc2)c2ccccc2)CN1. The van der Waals surface area contributed by atoms with E-state index in [4.69, 9.17) is 9.47 Å². The summed E-state index contributed by atoms with van der Waals surface area (Å²) in [4.78, 5) is 15.9. The highest BCUT2D eigenvalue weighted by Crippen LogP contribution is 2.33. The third kappa shape index (κ3) is 4.02. The summed E-state index contributed by atoms with van der Waals surface area (Å²) < 4.78 is 25.4. The molecule has 1 aromatic heterocycles. The van der Waals surface area contributed by atoms with Gasteiger partial charge in [0, 0.05) is 18.3 Å². The molecule has 28 heavy (non-hydrogen) atoms. The van der Waals surface area contributed by atoms with Gasteiger partial charge in [-0.15, -0.1) is 0 Å². The lowest BCUT2D eigenvalue weighted by atomic mass is 10.0. The molecular weight excluding hydrogens is 359 g/mol. The smallest absolute Gasteiger partial charge is 0.246 e. The molecule has 0 radical (unpaired) electrons. The number of morpholine rings is 1. The number of aromatic nitrogens is 1. The Kier molecular flexibility index (Phi) is 5.30. The summed E-state index contributed by atoms with van der Waals surface area (Å²) >= 11 is 0. The van der Waals surface area contributed by atoms with Crippen molar-refractivity contribution in [2.24, 2.45) is 0 Å². The summed E-state index contributed by atoms with van der Waals surface area (Å²) in [5.41, 5.74) is 2.29. The van der Waals surface area contributed by atoms with Crippen LogP contribution in [0.5, 0.6) is 5.75 Å². The van der Waals surface area contributed by atoms with Crippen LogP contribution in [-0.2, 0) is 9.53 Å². The van der Waals surface area contributed by atoms with E-state index in [9.17, 15) is 9.18 Å². The number of carbonyl (C=O) groups excluding carboxylic acids is 1. The van der Waals surface area contributed by atoms with Crippen molar-refractivity contribution in [2.45, 2.75) is 12.2 Å². The molecule has 142 valence electrons. The Bertz CT molecular complexity index is 938. The van der Waals surface area contributed by atoms with Gasteiger partial charge in [-0.3, -0.25) is 9.78 Å². The van der Waals surface area contributed by atoms with Gasteiger partial charge in [0.05, 0.1) is 0 Å². The number of hydrogen-bond acceptors (Lipinski definition) is 4. The normalized spacial score (nSPS) is 17.6. The first-order valence-electron chi connectivity index (χ1n) is 9.01. The molecule has 0 spiro atoms. The van der Waals surface area contributed by atoms with E-state index >= 15 is 0 Å². The fraction of sp³-hybridized carbons (Fsp3) is 0.182. The average Bonchev–Trinajstić information content (AvgIpc) is 2.74. The van der Waals surface area contributed by atoms with E-state index in [0.717, 1.165) is 11.1 Å². The number of nitrogens with zero attached hydrogens (tertiary/aromatic N) is 1. The summed E-state index contributed by atoms with van der Waals surface area (Å²) in [5, 5.41) is 2.82. The Hall–Kier alpha value is -3.25. The first-order valence-corrected chi connectivity index (χ1v) is 9.01. The quantitative estimate of drug-likeness (QED) is 0.738. The van der Waals surface area contributed by atoms with E-state index < -0.39 is 6.10 Å². The first-order chi connectivity index (χ1) is 13.7. The lowest BCUT2D eigenvalue weighted by molar-refractivity contribution is -0.137. The van der Waals surface area contributed by atoms with Crippen LogP contribution in [0.3, 0.4) is 0 Å². The number of rotatable bonds is 5. The summed E-state index contributed by atoms with van der Waals surface area (Å²) in [6.07, 6.45) is 0.881. The van der Waals surface area contributed by atoms with Gasteiger partial charge in [-0.25, -0.2) is 4.39 Å².